The van der Waals surface area contributed by atoms with Crippen LogP contribution in [0.15, 0.2) is 48.5 Å². The number of amides is 3. The van der Waals surface area contributed by atoms with Crippen LogP contribution in [0.1, 0.15) is 5.56 Å². The topological polar surface area (TPSA) is 79.9 Å². The van der Waals surface area contributed by atoms with Gasteiger partial charge in [-0.1, -0.05) is 18.2 Å². The predicted octanol–water partition coefficient (Wildman–Crippen LogP) is 2.74. The van der Waals surface area contributed by atoms with E-state index in [4.69, 9.17) is 9.47 Å². The Morgan fingerprint density at radius 1 is 1.04 bits per heavy atom. The van der Waals surface area contributed by atoms with Crippen molar-refractivity contribution in [1.29, 1.82) is 0 Å². The number of hydrogen-bond donors (Lipinski definition) is 2. The van der Waals surface area contributed by atoms with E-state index >= 15 is 0 Å². The summed E-state index contributed by atoms with van der Waals surface area (Å²) in [5.41, 5.74) is 2.20. The zero-order valence-corrected chi connectivity index (χ0v) is 15.2. The van der Waals surface area contributed by atoms with Gasteiger partial charge < -0.3 is 25.0 Å². The van der Waals surface area contributed by atoms with Gasteiger partial charge in [-0.25, -0.2) is 4.79 Å². The SMILES string of the molecule is COc1cccc(NC(=O)Nc2ccc(CC(=O)N3CCOCC3)cc2)c1. The number of nitrogens with zero attached hydrogens (tertiary/aromatic N) is 1. The van der Waals surface area contributed by atoms with Gasteiger partial charge in [0, 0.05) is 30.5 Å². The molecule has 142 valence electrons. The molecule has 27 heavy (non-hydrogen) atoms. The van der Waals surface area contributed by atoms with Gasteiger partial charge in [0.05, 0.1) is 26.7 Å². The van der Waals surface area contributed by atoms with E-state index in [1.54, 1.807) is 43.5 Å². The summed E-state index contributed by atoms with van der Waals surface area (Å²) in [6.07, 6.45) is 0.344. The molecule has 0 unspecified atom stereocenters. The highest BCUT2D eigenvalue weighted by Crippen LogP contribution is 2.17. The fourth-order valence-corrected chi connectivity index (χ4v) is 2.80. The third kappa shape index (κ3) is 5.46. The van der Waals surface area contributed by atoms with Crippen LogP contribution in [0.2, 0.25) is 0 Å². The van der Waals surface area contributed by atoms with E-state index in [0.29, 0.717) is 49.8 Å². The minimum Gasteiger partial charge on any atom is -0.497 e. The lowest BCUT2D eigenvalue weighted by Gasteiger charge is -2.26. The van der Waals surface area contributed by atoms with Gasteiger partial charge >= 0.3 is 6.03 Å². The quantitative estimate of drug-likeness (QED) is 0.849. The smallest absolute Gasteiger partial charge is 0.323 e. The molecule has 0 bridgehead atoms. The van der Waals surface area contributed by atoms with Gasteiger partial charge in [-0.3, -0.25) is 4.79 Å². The Hall–Kier alpha value is -3.06. The van der Waals surface area contributed by atoms with Crippen LogP contribution in [-0.2, 0) is 16.0 Å². The van der Waals surface area contributed by atoms with E-state index < -0.39 is 0 Å². The van der Waals surface area contributed by atoms with Crippen molar-refractivity contribution in [2.24, 2.45) is 0 Å². The van der Waals surface area contributed by atoms with Crippen LogP contribution in [0, 0.1) is 0 Å². The van der Waals surface area contributed by atoms with Crippen molar-refractivity contribution in [3.63, 3.8) is 0 Å². The summed E-state index contributed by atoms with van der Waals surface area (Å²) in [5.74, 6) is 0.761. The van der Waals surface area contributed by atoms with Crippen molar-refractivity contribution in [2.75, 3.05) is 44.0 Å². The molecule has 1 saturated heterocycles. The van der Waals surface area contributed by atoms with E-state index in [1.165, 1.54) is 0 Å². The van der Waals surface area contributed by atoms with E-state index in [-0.39, 0.29) is 11.9 Å². The van der Waals surface area contributed by atoms with Crippen LogP contribution in [0.3, 0.4) is 0 Å². The molecule has 0 atom stereocenters. The van der Waals surface area contributed by atoms with Crippen LogP contribution < -0.4 is 15.4 Å². The van der Waals surface area contributed by atoms with Crippen LogP contribution in [0.5, 0.6) is 5.75 Å². The maximum Gasteiger partial charge on any atom is 0.323 e. The average molecular weight is 369 g/mol. The van der Waals surface area contributed by atoms with Crippen molar-refractivity contribution in [1.82, 2.24) is 4.90 Å². The molecule has 1 fully saturated rings. The molecule has 0 spiro atoms. The molecule has 0 aliphatic carbocycles. The zero-order valence-electron chi connectivity index (χ0n) is 15.2. The van der Waals surface area contributed by atoms with Crippen molar-refractivity contribution >= 4 is 23.3 Å². The number of carbonyl (C=O) groups excluding carboxylic acids is 2. The molecule has 2 aromatic carbocycles. The predicted molar refractivity (Wildman–Crippen MR) is 103 cm³/mol. The largest absolute Gasteiger partial charge is 0.497 e. The molecule has 0 radical (unpaired) electrons. The summed E-state index contributed by atoms with van der Waals surface area (Å²) in [6, 6.07) is 14.0. The van der Waals surface area contributed by atoms with Gasteiger partial charge in [-0.2, -0.15) is 0 Å². The summed E-state index contributed by atoms with van der Waals surface area (Å²) in [7, 11) is 1.57. The maximum atomic E-state index is 12.3. The van der Waals surface area contributed by atoms with Gasteiger partial charge in [0.15, 0.2) is 0 Å². The molecule has 3 amide bonds. The second-order valence-corrected chi connectivity index (χ2v) is 6.18. The fourth-order valence-electron chi connectivity index (χ4n) is 2.80. The second kappa shape index (κ2) is 9.05. The van der Waals surface area contributed by atoms with E-state index in [2.05, 4.69) is 10.6 Å². The van der Waals surface area contributed by atoms with Crippen LogP contribution in [0.25, 0.3) is 0 Å². The van der Waals surface area contributed by atoms with Crippen molar-refractivity contribution < 1.29 is 19.1 Å². The Bertz CT molecular complexity index is 786. The Morgan fingerprint density at radius 3 is 2.44 bits per heavy atom. The van der Waals surface area contributed by atoms with Crippen molar-refractivity contribution in [2.45, 2.75) is 6.42 Å². The van der Waals surface area contributed by atoms with Gasteiger partial charge in [-0.15, -0.1) is 0 Å². The Balaban J connectivity index is 1.52. The third-order valence-corrected chi connectivity index (χ3v) is 4.26. The molecule has 7 nitrogen and oxygen atoms in total. The number of nitrogens with one attached hydrogen (secondary N) is 2. The summed E-state index contributed by atoms with van der Waals surface area (Å²) in [4.78, 5) is 26.2. The van der Waals surface area contributed by atoms with Crippen LogP contribution in [0.4, 0.5) is 16.2 Å². The lowest BCUT2D eigenvalue weighted by Crippen LogP contribution is -2.41. The van der Waals surface area contributed by atoms with Gasteiger partial charge in [0.1, 0.15) is 5.75 Å². The number of anilines is 2. The standard InChI is InChI=1S/C20H23N3O4/c1-26-18-4-2-3-17(14-18)22-20(25)21-16-7-5-15(6-8-16)13-19(24)23-9-11-27-12-10-23/h2-8,14H,9-13H2,1H3,(H2,21,22,25). The maximum absolute atomic E-state index is 12.3. The molecular formula is C20H23N3O4. The Labute approximate surface area is 158 Å². The summed E-state index contributed by atoms with van der Waals surface area (Å²) in [6.45, 7) is 2.47. The molecule has 0 saturated carbocycles. The number of urea groups is 1. The number of carbonyl (C=O) groups is 2. The van der Waals surface area contributed by atoms with Gasteiger partial charge in [-0.05, 0) is 29.8 Å². The lowest BCUT2D eigenvalue weighted by molar-refractivity contribution is -0.134. The van der Waals surface area contributed by atoms with Crippen LogP contribution in [-0.4, -0.2) is 50.3 Å². The minimum absolute atomic E-state index is 0.0924. The van der Waals surface area contributed by atoms with E-state index in [1.807, 2.05) is 17.0 Å². The molecule has 0 aromatic heterocycles. The highest BCUT2D eigenvalue weighted by atomic mass is 16.5. The molecule has 2 N–H and O–H groups in total. The number of morpholine rings is 1. The highest BCUT2D eigenvalue weighted by molar-refractivity contribution is 5.99. The number of ether oxygens (including phenoxy) is 2. The molecule has 7 heteroatoms. The first-order valence-electron chi connectivity index (χ1n) is 8.80. The van der Waals surface area contributed by atoms with E-state index in [0.717, 1.165) is 5.56 Å². The molecule has 3 rings (SSSR count). The Morgan fingerprint density at radius 2 is 1.74 bits per heavy atom. The van der Waals surface area contributed by atoms with E-state index in [9.17, 15) is 9.59 Å². The first kappa shape index (κ1) is 18.7. The molecule has 1 aliphatic rings. The van der Waals surface area contributed by atoms with Gasteiger partial charge in [0.25, 0.3) is 0 Å². The number of benzene rings is 2. The number of methoxy groups -OCH3 is 1. The highest BCUT2D eigenvalue weighted by Gasteiger charge is 2.16. The normalized spacial score (nSPS) is 13.7. The lowest BCUT2D eigenvalue weighted by atomic mass is 10.1. The fraction of sp³-hybridized carbons (Fsp3) is 0.300. The molecular weight excluding hydrogens is 346 g/mol. The van der Waals surface area contributed by atoms with Crippen molar-refractivity contribution in [3.8, 4) is 5.75 Å². The number of rotatable bonds is 5. The Kier molecular flexibility index (Phi) is 6.27. The summed E-state index contributed by atoms with van der Waals surface area (Å²) >= 11 is 0. The molecule has 1 heterocycles. The summed E-state index contributed by atoms with van der Waals surface area (Å²) in [5, 5.41) is 5.52. The average Bonchev–Trinajstić information content (AvgIpc) is 2.70. The van der Waals surface area contributed by atoms with Crippen molar-refractivity contribution in [3.05, 3.63) is 54.1 Å². The third-order valence-electron chi connectivity index (χ3n) is 4.26. The monoisotopic (exact) mass is 369 g/mol. The van der Waals surface area contributed by atoms with Crippen LogP contribution >= 0.6 is 0 Å². The second-order valence-electron chi connectivity index (χ2n) is 6.18. The molecule has 2 aromatic rings. The minimum atomic E-state index is -0.347. The first-order chi connectivity index (χ1) is 13.1. The number of hydrogen-bond acceptors (Lipinski definition) is 4. The summed E-state index contributed by atoms with van der Waals surface area (Å²) < 4.78 is 10.4. The first-order valence-corrected chi connectivity index (χ1v) is 8.80. The molecule has 1 aliphatic heterocycles. The zero-order chi connectivity index (χ0) is 19.1. The van der Waals surface area contributed by atoms with Gasteiger partial charge in [0.2, 0.25) is 5.91 Å².